The Hall–Kier alpha value is -3.53. The first-order chi connectivity index (χ1) is 19.1. The number of esters is 1. The number of hydrogen-bond acceptors (Lipinski definition) is 4. The van der Waals surface area contributed by atoms with Gasteiger partial charge < -0.3 is 14.2 Å². The Morgan fingerprint density at radius 2 is 1.46 bits per heavy atom. The molecular weight excluding hydrogens is 484 g/mol. The van der Waals surface area contributed by atoms with Gasteiger partial charge in [0.2, 0.25) is 0 Å². The summed E-state index contributed by atoms with van der Waals surface area (Å²) in [5.74, 6) is 1.60. The maximum Gasteiger partial charge on any atom is 0.315 e. The van der Waals surface area contributed by atoms with Crippen LogP contribution in [-0.4, -0.2) is 19.2 Å². The predicted octanol–water partition coefficient (Wildman–Crippen LogP) is 9.15. The van der Waals surface area contributed by atoms with Crippen molar-refractivity contribution in [2.24, 2.45) is 0 Å². The van der Waals surface area contributed by atoms with E-state index in [4.69, 9.17) is 14.2 Å². The summed E-state index contributed by atoms with van der Waals surface area (Å²) >= 11 is 0. The minimum absolute atomic E-state index is 0.134. The first-order valence-electron chi connectivity index (χ1n) is 14.5. The number of benzene rings is 3. The summed E-state index contributed by atoms with van der Waals surface area (Å²) in [5.41, 5.74) is 3.92. The lowest BCUT2D eigenvalue weighted by molar-refractivity contribution is -0.133. The summed E-state index contributed by atoms with van der Waals surface area (Å²) in [4.78, 5) is 13.1. The molecule has 0 aliphatic carbocycles. The first-order valence-corrected chi connectivity index (χ1v) is 14.5. The van der Waals surface area contributed by atoms with Crippen molar-refractivity contribution in [3.8, 4) is 28.4 Å². The van der Waals surface area contributed by atoms with Crippen molar-refractivity contribution >= 4 is 5.97 Å². The molecule has 0 heterocycles. The maximum atomic E-state index is 13.1. The quantitative estimate of drug-likeness (QED) is 0.0714. The normalized spacial score (nSPS) is 10.7. The Balaban J connectivity index is 1.69. The van der Waals surface area contributed by atoms with Crippen LogP contribution in [0.5, 0.6) is 17.2 Å². The zero-order chi connectivity index (χ0) is 27.7. The zero-order valence-electron chi connectivity index (χ0n) is 23.8. The molecule has 0 aromatic heterocycles. The van der Waals surface area contributed by atoms with Crippen LogP contribution in [0.25, 0.3) is 11.1 Å². The molecular formula is C35H44O4. The van der Waals surface area contributed by atoms with Crippen LogP contribution in [0.15, 0.2) is 79.4 Å². The Bertz CT molecular complexity index is 1150. The average Bonchev–Trinajstić information content (AvgIpc) is 2.95. The highest BCUT2D eigenvalue weighted by molar-refractivity contribution is 5.80. The van der Waals surface area contributed by atoms with Gasteiger partial charge in [0.05, 0.1) is 13.0 Å². The van der Waals surface area contributed by atoms with Gasteiger partial charge in [-0.15, -0.1) is 0 Å². The van der Waals surface area contributed by atoms with Crippen LogP contribution in [0, 0.1) is 0 Å². The molecule has 3 aromatic carbocycles. The molecule has 0 aliphatic heterocycles. The molecule has 0 atom stereocenters. The molecule has 208 valence electrons. The molecule has 0 fully saturated rings. The van der Waals surface area contributed by atoms with Gasteiger partial charge in [0, 0.05) is 5.56 Å². The van der Waals surface area contributed by atoms with Crippen molar-refractivity contribution in [3.63, 3.8) is 0 Å². The van der Waals surface area contributed by atoms with E-state index in [1.807, 2.05) is 54.6 Å². The van der Waals surface area contributed by atoms with Crippen LogP contribution in [-0.2, 0) is 17.6 Å². The molecule has 3 rings (SSSR count). The standard InChI is InChI=1S/C35H44O4/c1-4-7-9-10-11-15-24-38-32-22-20-29(26-34(32)37-23-6-3)27-35(36)39-33-25-28(16-8-5-2)19-21-31(33)30-17-13-12-14-18-30/h6,12-14,17-22,25-26H,3-5,7-11,15-16,23-24,27H2,1-2H3. The highest BCUT2D eigenvalue weighted by atomic mass is 16.5. The van der Waals surface area contributed by atoms with Crippen LogP contribution in [0.3, 0.4) is 0 Å². The van der Waals surface area contributed by atoms with Gasteiger partial charge in [0.1, 0.15) is 12.4 Å². The van der Waals surface area contributed by atoms with E-state index in [0.29, 0.717) is 30.5 Å². The van der Waals surface area contributed by atoms with Crippen molar-refractivity contribution in [3.05, 3.63) is 90.5 Å². The van der Waals surface area contributed by atoms with E-state index >= 15 is 0 Å². The van der Waals surface area contributed by atoms with Crippen molar-refractivity contribution in [1.29, 1.82) is 0 Å². The topological polar surface area (TPSA) is 44.8 Å². The molecule has 0 saturated carbocycles. The smallest absolute Gasteiger partial charge is 0.315 e. The average molecular weight is 529 g/mol. The fourth-order valence-electron chi connectivity index (χ4n) is 4.48. The number of aryl methyl sites for hydroxylation is 1. The number of carbonyl (C=O) groups is 1. The highest BCUT2D eigenvalue weighted by Gasteiger charge is 2.15. The lowest BCUT2D eigenvalue weighted by Gasteiger charge is -2.15. The lowest BCUT2D eigenvalue weighted by Crippen LogP contribution is -2.12. The van der Waals surface area contributed by atoms with E-state index in [2.05, 4.69) is 32.6 Å². The summed E-state index contributed by atoms with van der Waals surface area (Å²) in [6.45, 7) is 9.17. The van der Waals surface area contributed by atoms with E-state index in [1.54, 1.807) is 6.08 Å². The van der Waals surface area contributed by atoms with Crippen molar-refractivity contribution in [1.82, 2.24) is 0 Å². The van der Waals surface area contributed by atoms with Crippen LogP contribution >= 0.6 is 0 Å². The van der Waals surface area contributed by atoms with E-state index in [0.717, 1.165) is 48.8 Å². The number of carbonyl (C=O) groups excluding carboxylic acids is 1. The Morgan fingerprint density at radius 1 is 0.744 bits per heavy atom. The second-order valence-corrected chi connectivity index (χ2v) is 9.95. The number of hydrogen-bond donors (Lipinski definition) is 0. The SMILES string of the molecule is C=CCOc1cc(CC(=O)Oc2cc(CCCC)ccc2-c2ccccc2)ccc1OCCCCCCCC. The minimum atomic E-state index is -0.310. The number of unbranched alkanes of at least 4 members (excludes halogenated alkanes) is 6. The molecule has 0 bridgehead atoms. The Labute approximate surface area is 235 Å². The second kappa shape index (κ2) is 17.1. The van der Waals surface area contributed by atoms with Crippen LogP contribution in [0.1, 0.15) is 76.3 Å². The molecule has 0 amide bonds. The van der Waals surface area contributed by atoms with Gasteiger partial charge in [-0.1, -0.05) is 114 Å². The first kappa shape index (κ1) is 30.0. The van der Waals surface area contributed by atoms with E-state index in [1.165, 1.54) is 31.2 Å². The van der Waals surface area contributed by atoms with Crippen LogP contribution < -0.4 is 14.2 Å². The summed E-state index contributed by atoms with van der Waals surface area (Å²) in [7, 11) is 0. The van der Waals surface area contributed by atoms with Gasteiger partial charge in [-0.3, -0.25) is 4.79 Å². The Morgan fingerprint density at radius 3 is 2.23 bits per heavy atom. The third kappa shape index (κ3) is 10.3. The van der Waals surface area contributed by atoms with Crippen LogP contribution in [0.2, 0.25) is 0 Å². The highest BCUT2D eigenvalue weighted by Crippen LogP contribution is 2.33. The van der Waals surface area contributed by atoms with E-state index in [9.17, 15) is 4.79 Å². The number of ether oxygens (including phenoxy) is 3. The van der Waals surface area contributed by atoms with Crippen molar-refractivity contribution in [2.75, 3.05) is 13.2 Å². The second-order valence-electron chi connectivity index (χ2n) is 9.95. The minimum Gasteiger partial charge on any atom is -0.490 e. The summed E-state index contributed by atoms with van der Waals surface area (Å²) in [6.07, 6.45) is 12.3. The van der Waals surface area contributed by atoms with E-state index in [-0.39, 0.29) is 12.4 Å². The maximum absolute atomic E-state index is 13.1. The van der Waals surface area contributed by atoms with Gasteiger partial charge >= 0.3 is 5.97 Å². The van der Waals surface area contributed by atoms with Gasteiger partial charge in [-0.25, -0.2) is 0 Å². The lowest BCUT2D eigenvalue weighted by atomic mass is 10.0. The predicted molar refractivity (Wildman–Crippen MR) is 161 cm³/mol. The monoisotopic (exact) mass is 528 g/mol. The molecule has 0 spiro atoms. The van der Waals surface area contributed by atoms with Gasteiger partial charge in [-0.2, -0.15) is 0 Å². The van der Waals surface area contributed by atoms with Gasteiger partial charge in [-0.05, 0) is 54.2 Å². The fourth-order valence-corrected chi connectivity index (χ4v) is 4.48. The molecule has 0 N–H and O–H groups in total. The fraction of sp³-hybridized carbons (Fsp3) is 0.400. The molecule has 3 aromatic rings. The molecule has 4 nitrogen and oxygen atoms in total. The van der Waals surface area contributed by atoms with Gasteiger partial charge in [0.15, 0.2) is 11.5 Å². The third-order valence-corrected chi connectivity index (χ3v) is 6.64. The number of rotatable bonds is 18. The largest absolute Gasteiger partial charge is 0.490 e. The third-order valence-electron chi connectivity index (χ3n) is 6.64. The molecule has 0 radical (unpaired) electrons. The van der Waals surface area contributed by atoms with Gasteiger partial charge in [0.25, 0.3) is 0 Å². The molecule has 39 heavy (non-hydrogen) atoms. The van der Waals surface area contributed by atoms with Crippen LogP contribution in [0.4, 0.5) is 0 Å². The molecule has 0 aliphatic rings. The summed E-state index contributed by atoms with van der Waals surface area (Å²) < 4.78 is 17.9. The Kier molecular flexibility index (Phi) is 13.2. The van der Waals surface area contributed by atoms with Crippen molar-refractivity contribution in [2.45, 2.75) is 78.1 Å². The molecule has 0 saturated heterocycles. The van der Waals surface area contributed by atoms with Crippen molar-refractivity contribution < 1.29 is 19.0 Å². The molecule has 4 heteroatoms. The van der Waals surface area contributed by atoms with E-state index < -0.39 is 0 Å². The summed E-state index contributed by atoms with van der Waals surface area (Å²) in [5, 5.41) is 0. The molecule has 0 unspecified atom stereocenters. The summed E-state index contributed by atoms with van der Waals surface area (Å²) in [6, 6.07) is 21.9. The zero-order valence-corrected chi connectivity index (χ0v) is 23.8.